The van der Waals surface area contributed by atoms with Crippen LogP contribution < -0.4 is 9.47 Å². The molecule has 134 valence electrons. The molecule has 0 radical (unpaired) electrons. The number of alkyl halides is 3. The third kappa shape index (κ3) is 5.47. The summed E-state index contributed by atoms with van der Waals surface area (Å²) in [6.45, 7) is 2.87. The lowest BCUT2D eigenvalue weighted by molar-refractivity contribution is -0.274. The normalized spacial score (nSPS) is 15.7. The van der Waals surface area contributed by atoms with Crippen LogP contribution in [0.3, 0.4) is 0 Å². The molecule has 0 unspecified atom stereocenters. The number of likely N-dealkylation sites (tertiary alicyclic amines) is 1. The van der Waals surface area contributed by atoms with Crippen molar-refractivity contribution >= 4 is 11.6 Å². The molecular weight excluding hydrogens is 359 g/mol. The Bertz CT molecular complexity index is 707. The molecule has 9 heteroatoms. The van der Waals surface area contributed by atoms with Gasteiger partial charge in [0.25, 0.3) is 0 Å². The van der Waals surface area contributed by atoms with Crippen molar-refractivity contribution in [1.29, 1.82) is 0 Å². The maximum Gasteiger partial charge on any atom is 0.573 e. The van der Waals surface area contributed by atoms with Crippen LogP contribution in [-0.4, -0.2) is 40.9 Å². The summed E-state index contributed by atoms with van der Waals surface area (Å²) in [5.74, 6) is 0.550. The molecule has 0 amide bonds. The predicted octanol–water partition coefficient (Wildman–Crippen LogP) is 3.54. The number of hydrogen-bond donors (Lipinski definition) is 0. The van der Waals surface area contributed by atoms with Crippen LogP contribution in [0.5, 0.6) is 11.6 Å². The minimum Gasteiger partial charge on any atom is -0.476 e. The summed E-state index contributed by atoms with van der Waals surface area (Å²) >= 11 is 5.73. The first-order chi connectivity index (χ1) is 11.9. The maximum atomic E-state index is 12.1. The Kier molecular flexibility index (Phi) is 5.29. The minimum atomic E-state index is -4.67. The Hall–Kier alpha value is -2.06. The van der Waals surface area contributed by atoms with Crippen LogP contribution in [-0.2, 0) is 6.54 Å². The molecule has 2 heterocycles. The van der Waals surface area contributed by atoms with E-state index in [2.05, 4.69) is 19.6 Å². The molecule has 0 aliphatic carbocycles. The van der Waals surface area contributed by atoms with Crippen LogP contribution in [0.25, 0.3) is 0 Å². The highest BCUT2D eigenvalue weighted by molar-refractivity contribution is 6.29. The molecule has 0 saturated carbocycles. The molecule has 0 N–H and O–H groups in total. The Morgan fingerprint density at radius 2 is 1.88 bits per heavy atom. The summed E-state index contributed by atoms with van der Waals surface area (Å²) < 4.78 is 45.7. The van der Waals surface area contributed by atoms with Gasteiger partial charge in [0.05, 0.1) is 19.0 Å². The number of benzene rings is 1. The van der Waals surface area contributed by atoms with Crippen LogP contribution >= 0.6 is 11.6 Å². The van der Waals surface area contributed by atoms with Gasteiger partial charge in [0, 0.05) is 25.6 Å². The molecule has 0 atom stereocenters. The Morgan fingerprint density at radius 3 is 2.52 bits per heavy atom. The largest absolute Gasteiger partial charge is 0.573 e. The van der Waals surface area contributed by atoms with Crippen LogP contribution in [0.4, 0.5) is 13.2 Å². The standard InChI is InChI=1S/C16H15ClF3N3O2/c17-14-5-21-6-15(22-14)24-10-12-8-23(9-12)7-11-1-3-13(4-2-11)25-16(18,19)20/h1-6,12H,7-10H2. The fourth-order valence-electron chi connectivity index (χ4n) is 2.56. The van der Waals surface area contributed by atoms with Crippen LogP contribution in [0, 0.1) is 5.92 Å². The lowest BCUT2D eigenvalue weighted by Crippen LogP contribution is -2.48. The average Bonchev–Trinajstić information content (AvgIpc) is 2.49. The second kappa shape index (κ2) is 7.45. The quantitative estimate of drug-likeness (QED) is 0.775. The van der Waals surface area contributed by atoms with Gasteiger partial charge >= 0.3 is 6.36 Å². The van der Waals surface area contributed by atoms with E-state index in [0.29, 0.717) is 24.9 Å². The van der Waals surface area contributed by atoms with E-state index in [1.165, 1.54) is 24.5 Å². The van der Waals surface area contributed by atoms with Crippen LogP contribution in [0.2, 0.25) is 5.15 Å². The van der Waals surface area contributed by atoms with Crippen molar-refractivity contribution in [3.63, 3.8) is 0 Å². The molecule has 5 nitrogen and oxygen atoms in total. The molecule has 1 aromatic heterocycles. The SMILES string of the molecule is FC(F)(F)Oc1ccc(CN2CC(COc3cncc(Cl)n3)C2)cc1. The fourth-order valence-corrected chi connectivity index (χ4v) is 2.70. The van der Waals surface area contributed by atoms with E-state index in [1.54, 1.807) is 12.1 Å². The summed E-state index contributed by atoms with van der Waals surface area (Å²) in [6.07, 6.45) is -1.73. The second-order valence-corrected chi connectivity index (χ2v) is 6.13. The van der Waals surface area contributed by atoms with Gasteiger partial charge in [0.2, 0.25) is 5.88 Å². The Labute approximate surface area is 147 Å². The molecule has 0 bridgehead atoms. The average molecular weight is 374 g/mol. The Morgan fingerprint density at radius 1 is 1.16 bits per heavy atom. The molecular formula is C16H15ClF3N3O2. The van der Waals surface area contributed by atoms with Gasteiger partial charge in [0.15, 0.2) is 5.15 Å². The third-order valence-electron chi connectivity index (χ3n) is 3.65. The summed E-state index contributed by atoms with van der Waals surface area (Å²) in [7, 11) is 0. The van der Waals surface area contributed by atoms with Crippen molar-refractivity contribution in [2.75, 3.05) is 19.7 Å². The van der Waals surface area contributed by atoms with Gasteiger partial charge in [-0.15, -0.1) is 13.2 Å². The summed E-state index contributed by atoms with van der Waals surface area (Å²) in [6, 6.07) is 5.90. The maximum absolute atomic E-state index is 12.1. The van der Waals surface area contributed by atoms with E-state index >= 15 is 0 Å². The van der Waals surface area contributed by atoms with E-state index in [-0.39, 0.29) is 10.9 Å². The second-order valence-electron chi connectivity index (χ2n) is 5.74. The number of aromatic nitrogens is 2. The zero-order valence-electron chi connectivity index (χ0n) is 13.0. The van der Waals surface area contributed by atoms with Gasteiger partial charge in [-0.2, -0.15) is 4.98 Å². The van der Waals surface area contributed by atoms with Gasteiger partial charge in [-0.1, -0.05) is 23.7 Å². The summed E-state index contributed by atoms with van der Waals surface area (Å²) in [5.41, 5.74) is 0.926. The van der Waals surface area contributed by atoms with Gasteiger partial charge in [0.1, 0.15) is 5.75 Å². The molecule has 1 aliphatic rings. The zero-order valence-corrected chi connectivity index (χ0v) is 13.8. The molecule has 0 spiro atoms. The van der Waals surface area contributed by atoms with Crippen LogP contribution in [0.1, 0.15) is 5.56 Å². The van der Waals surface area contributed by atoms with Crippen LogP contribution in [0.15, 0.2) is 36.7 Å². The number of nitrogens with zero attached hydrogens (tertiary/aromatic N) is 3. The monoisotopic (exact) mass is 373 g/mol. The molecule has 2 aromatic rings. The van der Waals surface area contributed by atoms with Gasteiger partial charge in [-0.05, 0) is 17.7 Å². The van der Waals surface area contributed by atoms with Crippen molar-refractivity contribution in [2.45, 2.75) is 12.9 Å². The van der Waals surface area contributed by atoms with Crippen molar-refractivity contribution < 1.29 is 22.6 Å². The van der Waals surface area contributed by atoms with E-state index in [9.17, 15) is 13.2 Å². The molecule has 1 aromatic carbocycles. The van der Waals surface area contributed by atoms with E-state index in [1.807, 2.05) is 0 Å². The van der Waals surface area contributed by atoms with E-state index in [0.717, 1.165) is 18.7 Å². The fraction of sp³-hybridized carbons (Fsp3) is 0.375. The van der Waals surface area contributed by atoms with Gasteiger partial charge in [-0.3, -0.25) is 9.88 Å². The molecule has 1 saturated heterocycles. The first-order valence-electron chi connectivity index (χ1n) is 7.55. The molecule has 1 fully saturated rings. The summed E-state index contributed by atoms with van der Waals surface area (Å²) in [4.78, 5) is 10.1. The number of hydrogen-bond acceptors (Lipinski definition) is 5. The summed E-state index contributed by atoms with van der Waals surface area (Å²) in [5, 5.41) is 0.283. The van der Waals surface area contributed by atoms with Gasteiger partial charge < -0.3 is 9.47 Å². The van der Waals surface area contributed by atoms with E-state index < -0.39 is 6.36 Å². The van der Waals surface area contributed by atoms with Gasteiger partial charge in [-0.25, -0.2) is 0 Å². The lowest BCUT2D eigenvalue weighted by atomic mass is 10.0. The Balaban J connectivity index is 1.40. The number of rotatable bonds is 6. The van der Waals surface area contributed by atoms with Crippen molar-refractivity contribution in [3.8, 4) is 11.6 Å². The third-order valence-corrected chi connectivity index (χ3v) is 3.83. The smallest absolute Gasteiger partial charge is 0.476 e. The highest BCUT2D eigenvalue weighted by Gasteiger charge is 2.31. The van der Waals surface area contributed by atoms with E-state index in [4.69, 9.17) is 16.3 Å². The molecule has 3 rings (SSSR count). The highest BCUT2D eigenvalue weighted by Crippen LogP contribution is 2.24. The minimum absolute atomic E-state index is 0.214. The highest BCUT2D eigenvalue weighted by atomic mass is 35.5. The molecule has 25 heavy (non-hydrogen) atoms. The first-order valence-corrected chi connectivity index (χ1v) is 7.92. The lowest BCUT2D eigenvalue weighted by Gasteiger charge is -2.38. The topological polar surface area (TPSA) is 47.5 Å². The predicted molar refractivity (Wildman–Crippen MR) is 84.4 cm³/mol. The number of ether oxygens (including phenoxy) is 2. The van der Waals surface area contributed by atoms with Crippen molar-refractivity contribution in [3.05, 3.63) is 47.4 Å². The van der Waals surface area contributed by atoms with Crippen molar-refractivity contribution in [2.24, 2.45) is 5.92 Å². The first kappa shape index (κ1) is 17.8. The van der Waals surface area contributed by atoms with Crippen molar-refractivity contribution in [1.82, 2.24) is 14.9 Å². The zero-order chi connectivity index (χ0) is 17.9. The molecule has 1 aliphatic heterocycles. The number of halogens is 4.